The minimum Gasteiger partial charge on any atom is -0.465 e. The van der Waals surface area contributed by atoms with Gasteiger partial charge in [0.15, 0.2) is 0 Å². The number of hydrogen-bond acceptors (Lipinski definition) is 4. The molecule has 0 unspecified atom stereocenters. The molecule has 0 saturated carbocycles. The van der Waals surface area contributed by atoms with Crippen molar-refractivity contribution in [1.82, 2.24) is 10.7 Å². The van der Waals surface area contributed by atoms with Crippen molar-refractivity contribution in [2.75, 3.05) is 6.54 Å². The molecule has 2 amide bonds. The van der Waals surface area contributed by atoms with Crippen molar-refractivity contribution in [3.05, 3.63) is 66.1 Å². The highest BCUT2D eigenvalue weighted by Crippen LogP contribution is 2.06. The summed E-state index contributed by atoms with van der Waals surface area (Å²) in [6.45, 7) is 1.89. The van der Waals surface area contributed by atoms with Gasteiger partial charge in [-0.3, -0.25) is 9.59 Å². The summed E-state index contributed by atoms with van der Waals surface area (Å²) in [7, 11) is 0. The number of furan rings is 1. The Hall–Kier alpha value is -3.15. The summed E-state index contributed by atoms with van der Waals surface area (Å²) in [4.78, 5) is 23.5. The third kappa shape index (κ3) is 6.47. The Labute approximate surface area is 146 Å². The zero-order valence-corrected chi connectivity index (χ0v) is 14.1. The molecule has 6 nitrogen and oxygen atoms in total. The molecule has 0 aliphatic carbocycles. The highest BCUT2D eigenvalue weighted by Gasteiger charge is 2.05. The van der Waals surface area contributed by atoms with E-state index in [1.54, 1.807) is 12.1 Å². The highest BCUT2D eigenvalue weighted by atomic mass is 16.3. The van der Waals surface area contributed by atoms with Crippen LogP contribution in [0, 0.1) is 0 Å². The lowest BCUT2D eigenvalue weighted by Gasteiger charge is -2.06. The fraction of sp³-hybridized carbons (Fsp3) is 0.211. The summed E-state index contributed by atoms with van der Waals surface area (Å²) >= 11 is 0. The number of amides is 2. The summed E-state index contributed by atoms with van der Waals surface area (Å²) in [5.41, 5.74) is 4.26. The van der Waals surface area contributed by atoms with Crippen molar-refractivity contribution >= 4 is 23.6 Å². The minimum absolute atomic E-state index is 0.154. The molecule has 0 spiro atoms. The molecule has 0 atom stereocenters. The van der Waals surface area contributed by atoms with E-state index in [4.69, 9.17) is 4.42 Å². The molecular formula is C19H21N3O3. The summed E-state index contributed by atoms with van der Waals surface area (Å²) in [6, 6.07) is 13.1. The van der Waals surface area contributed by atoms with Crippen LogP contribution < -0.4 is 10.7 Å². The van der Waals surface area contributed by atoms with Crippen LogP contribution in [-0.4, -0.2) is 24.1 Å². The summed E-state index contributed by atoms with van der Waals surface area (Å²) in [5, 5.41) is 6.67. The molecule has 25 heavy (non-hydrogen) atoms. The molecule has 0 aliphatic heterocycles. The molecule has 6 heteroatoms. The van der Waals surface area contributed by atoms with E-state index in [9.17, 15) is 9.59 Å². The summed E-state index contributed by atoms with van der Waals surface area (Å²) in [5.74, 6) is -0.201. The van der Waals surface area contributed by atoms with E-state index in [1.807, 2.05) is 37.3 Å². The number of hydrazone groups is 1. The molecule has 1 aromatic carbocycles. The van der Waals surface area contributed by atoms with Crippen molar-refractivity contribution in [2.24, 2.45) is 5.10 Å². The number of hydrogen-bond donors (Lipinski definition) is 2. The first kappa shape index (κ1) is 18.2. The molecule has 0 saturated heterocycles. The van der Waals surface area contributed by atoms with Crippen LogP contribution in [0.5, 0.6) is 0 Å². The Morgan fingerprint density at radius 2 is 1.96 bits per heavy atom. The van der Waals surface area contributed by atoms with E-state index < -0.39 is 0 Å². The van der Waals surface area contributed by atoms with Crippen LogP contribution in [0.4, 0.5) is 0 Å². The predicted molar refractivity (Wildman–Crippen MR) is 96.8 cm³/mol. The highest BCUT2D eigenvalue weighted by molar-refractivity contribution is 6.01. The number of benzene rings is 1. The van der Waals surface area contributed by atoms with Crippen LogP contribution in [0.15, 0.2) is 64.3 Å². The Bertz CT molecular complexity index is 735. The molecule has 1 heterocycles. The second-order valence-corrected chi connectivity index (χ2v) is 5.28. The number of rotatable bonds is 8. The maximum absolute atomic E-state index is 11.8. The molecule has 0 bridgehead atoms. The van der Waals surface area contributed by atoms with Gasteiger partial charge in [-0.2, -0.15) is 5.10 Å². The SMILES string of the molecule is CCCC(=NNC(=O)CNC(=O)/C=C/c1ccco1)c1ccccc1. The molecule has 1 aromatic heterocycles. The largest absolute Gasteiger partial charge is 0.465 e. The van der Waals surface area contributed by atoms with Crippen LogP contribution in [0.3, 0.4) is 0 Å². The van der Waals surface area contributed by atoms with Crippen molar-refractivity contribution in [1.29, 1.82) is 0 Å². The summed E-state index contributed by atoms with van der Waals surface area (Å²) < 4.78 is 5.08. The topological polar surface area (TPSA) is 83.7 Å². The molecule has 2 rings (SSSR count). The van der Waals surface area contributed by atoms with Gasteiger partial charge in [-0.1, -0.05) is 43.7 Å². The molecule has 2 aromatic rings. The molecular weight excluding hydrogens is 318 g/mol. The van der Waals surface area contributed by atoms with Crippen molar-refractivity contribution in [2.45, 2.75) is 19.8 Å². The third-order valence-electron chi connectivity index (χ3n) is 3.27. The monoisotopic (exact) mass is 339 g/mol. The zero-order chi connectivity index (χ0) is 17.9. The van der Waals surface area contributed by atoms with Gasteiger partial charge in [0.2, 0.25) is 5.91 Å². The first-order valence-corrected chi connectivity index (χ1v) is 8.09. The van der Waals surface area contributed by atoms with Gasteiger partial charge < -0.3 is 9.73 Å². The molecule has 0 fully saturated rings. The predicted octanol–water partition coefficient (Wildman–Crippen LogP) is 2.73. The van der Waals surface area contributed by atoms with E-state index in [0.717, 1.165) is 24.1 Å². The van der Waals surface area contributed by atoms with E-state index >= 15 is 0 Å². The van der Waals surface area contributed by atoms with Crippen LogP contribution >= 0.6 is 0 Å². The van der Waals surface area contributed by atoms with Gasteiger partial charge in [0.1, 0.15) is 5.76 Å². The smallest absolute Gasteiger partial charge is 0.259 e. The van der Waals surface area contributed by atoms with Gasteiger partial charge in [-0.15, -0.1) is 0 Å². The maximum Gasteiger partial charge on any atom is 0.259 e. The van der Waals surface area contributed by atoms with Gasteiger partial charge in [0.25, 0.3) is 5.91 Å². The Morgan fingerprint density at radius 1 is 1.16 bits per heavy atom. The molecule has 2 N–H and O–H groups in total. The van der Waals surface area contributed by atoms with Crippen molar-refractivity contribution in [3.63, 3.8) is 0 Å². The second-order valence-electron chi connectivity index (χ2n) is 5.28. The van der Waals surface area contributed by atoms with E-state index in [0.29, 0.717) is 5.76 Å². The standard InChI is InChI=1S/C19H21N3O3/c1-2-7-17(15-8-4-3-5-9-15)21-22-19(24)14-20-18(23)12-11-16-10-6-13-25-16/h3-6,8-13H,2,7,14H2,1H3,(H,20,23)(H,22,24)/b12-11+,21-17?. The zero-order valence-electron chi connectivity index (χ0n) is 14.1. The van der Waals surface area contributed by atoms with Gasteiger partial charge in [-0.25, -0.2) is 5.43 Å². The van der Waals surface area contributed by atoms with Crippen LogP contribution in [-0.2, 0) is 9.59 Å². The fourth-order valence-corrected chi connectivity index (χ4v) is 2.07. The maximum atomic E-state index is 11.8. The quantitative estimate of drug-likeness (QED) is 0.441. The number of nitrogens with one attached hydrogen (secondary N) is 2. The van der Waals surface area contributed by atoms with E-state index in [2.05, 4.69) is 15.8 Å². The van der Waals surface area contributed by atoms with Crippen LogP contribution in [0.2, 0.25) is 0 Å². The number of nitrogens with zero attached hydrogens (tertiary/aromatic N) is 1. The molecule has 130 valence electrons. The van der Waals surface area contributed by atoms with Gasteiger partial charge in [-0.05, 0) is 30.2 Å². The normalized spacial score (nSPS) is 11.5. The third-order valence-corrected chi connectivity index (χ3v) is 3.27. The average Bonchev–Trinajstić information content (AvgIpc) is 3.16. The lowest BCUT2D eigenvalue weighted by atomic mass is 10.1. The van der Waals surface area contributed by atoms with Gasteiger partial charge >= 0.3 is 0 Å². The first-order valence-electron chi connectivity index (χ1n) is 8.09. The van der Waals surface area contributed by atoms with E-state index in [1.165, 1.54) is 18.4 Å². The molecule has 0 aliphatic rings. The van der Waals surface area contributed by atoms with Crippen molar-refractivity contribution < 1.29 is 14.0 Å². The number of carbonyl (C=O) groups excluding carboxylic acids is 2. The minimum atomic E-state index is -0.385. The van der Waals surface area contributed by atoms with Crippen LogP contribution in [0.1, 0.15) is 31.1 Å². The van der Waals surface area contributed by atoms with Gasteiger partial charge in [0, 0.05) is 6.08 Å². The second kappa shape index (κ2) is 9.87. The lowest BCUT2D eigenvalue weighted by molar-refractivity contribution is -0.123. The van der Waals surface area contributed by atoms with Gasteiger partial charge in [0.05, 0.1) is 18.5 Å². The van der Waals surface area contributed by atoms with Crippen molar-refractivity contribution in [3.8, 4) is 0 Å². The molecule has 0 radical (unpaired) electrons. The Balaban J connectivity index is 1.83. The Morgan fingerprint density at radius 3 is 2.64 bits per heavy atom. The van der Waals surface area contributed by atoms with E-state index in [-0.39, 0.29) is 18.4 Å². The fourth-order valence-electron chi connectivity index (χ4n) is 2.07. The Kier molecular flexibility index (Phi) is 7.18. The average molecular weight is 339 g/mol. The summed E-state index contributed by atoms with van der Waals surface area (Å²) in [6.07, 6.45) is 6.02. The first-order chi connectivity index (χ1) is 12.2. The van der Waals surface area contributed by atoms with Crippen LogP contribution in [0.25, 0.3) is 6.08 Å². The lowest BCUT2D eigenvalue weighted by Crippen LogP contribution is -2.34. The number of carbonyl (C=O) groups is 2.